The fourth-order valence-electron chi connectivity index (χ4n) is 2.43. The van der Waals surface area contributed by atoms with E-state index < -0.39 is 0 Å². The molecule has 0 aliphatic rings. The van der Waals surface area contributed by atoms with E-state index in [1.807, 2.05) is 24.3 Å². The maximum atomic E-state index is 13.8. The molecule has 4 aromatic rings. The second kappa shape index (κ2) is 6.01. The largest absolute Gasteiger partial charge is 0.497 e. The minimum Gasteiger partial charge on any atom is -0.497 e. The van der Waals surface area contributed by atoms with Gasteiger partial charge in [0.25, 0.3) is 0 Å². The normalized spacial score (nSPS) is 11.1. The van der Waals surface area contributed by atoms with Gasteiger partial charge >= 0.3 is 0 Å². The van der Waals surface area contributed by atoms with E-state index in [2.05, 4.69) is 15.3 Å². The molecular formula is C17H13FN4OS. The van der Waals surface area contributed by atoms with Gasteiger partial charge in [0.2, 0.25) is 4.96 Å². The molecule has 0 aliphatic carbocycles. The Morgan fingerprint density at radius 3 is 2.62 bits per heavy atom. The average Bonchev–Trinajstić information content (AvgIpc) is 3.19. The maximum absolute atomic E-state index is 13.8. The summed E-state index contributed by atoms with van der Waals surface area (Å²) < 4.78 is 20.7. The highest BCUT2D eigenvalue weighted by atomic mass is 32.1. The number of hydrogen-bond donors (Lipinski definition) is 0. The second-order valence-electron chi connectivity index (χ2n) is 5.21. The number of benzene rings is 2. The summed E-state index contributed by atoms with van der Waals surface area (Å²) in [5, 5.41) is 13.7. The minimum atomic E-state index is -0.250. The number of hydrogen-bond acceptors (Lipinski definition) is 5. The molecule has 0 unspecified atom stereocenters. The van der Waals surface area contributed by atoms with Crippen LogP contribution >= 0.6 is 11.3 Å². The summed E-state index contributed by atoms with van der Waals surface area (Å²) in [5.74, 6) is 1.16. The Hall–Kier alpha value is -2.80. The van der Waals surface area contributed by atoms with Gasteiger partial charge in [0.05, 0.1) is 7.11 Å². The standard InChI is InChI=1S/C17H13FN4OS/c1-23-13-8-6-11(7-9-13)16-21-22-15(19-20-17(22)24-16)10-12-4-2-3-5-14(12)18/h2-9H,10H2,1H3. The first-order valence-corrected chi connectivity index (χ1v) is 8.15. The molecule has 0 radical (unpaired) electrons. The second-order valence-corrected chi connectivity index (χ2v) is 6.17. The van der Waals surface area contributed by atoms with Gasteiger partial charge in [-0.05, 0) is 35.9 Å². The van der Waals surface area contributed by atoms with Crippen molar-refractivity contribution in [1.29, 1.82) is 0 Å². The number of methoxy groups -OCH3 is 1. The average molecular weight is 340 g/mol. The molecule has 7 heteroatoms. The van der Waals surface area contributed by atoms with Gasteiger partial charge in [-0.15, -0.1) is 10.2 Å². The van der Waals surface area contributed by atoms with Crippen molar-refractivity contribution in [3.05, 3.63) is 65.7 Å². The lowest BCUT2D eigenvalue weighted by molar-refractivity contribution is 0.415. The van der Waals surface area contributed by atoms with Crippen LogP contribution in [-0.2, 0) is 6.42 Å². The summed E-state index contributed by atoms with van der Waals surface area (Å²) >= 11 is 1.44. The summed E-state index contributed by atoms with van der Waals surface area (Å²) in [5.41, 5.74) is 1.55. The van der Waals surface area contributed by atoms with Crippen LogP contribution in [0.3, 0.4) is 0 Å². The molecule has 0 fully saturated rings. The van der Waals surface area contributed by atoms with Crippen LogP contribution in [0.5, 0.6) is 5.75 Å². The number of halogens is 1. The lowest BCUT2D eigenvalue weighted by Crippen LogP contribution is -1.99. The van der Waals surface area contributed by atoms with Gasteiger partial charge in [-0.3, -0.25) is 0 Å². The van der Waals surface area contributed by atoms with Crippen LogP contribution in [0.2, 0.25) is 0 Å². The number of aromatic nitrogens is 4. The quantitative estimate of drug-likeness (QED) is 0.570. The van der Waals surface area contributed by atoms with Crippen molar-refractivity contribution >= 4 is 16.3 Å². The van der Waals surface area contributed by atoms with E-state index >= 15 is 0 Å². The summed E-state index contributed by atoms with van der Waals surface area (Å²) in [6.07, 6.45) is 0.347. The smallest absolute Gasteiger partial charge is 0.234 e. The molecular weight excluding hydrogens is 327 g/mol. The van der Waals surface area contributed by atoms with Crippen LogP contribution in [0, 0.1) is 5.82 Å². The molecule has 0 saturated carbocycles. The zero-order valence-electron chi connectivity index (χ0n) is 12.8. The van der Waals surface area contributed by atoms with E-state index in [1.165, 1.54) is 17.4 Å². The van der Waals surface area contributed by atoms with Crippen molar-refractivity contribution in [3.63, 3.8) is 0 Å². The van der Waals surface area contributed by atoms with E-state index in [0.29, 0.717) is 22.8 Å². The molecule has 2 aromatic carbocycles. The topological polar surface area (TPSA) is 52.3 Å². The molecule has 0 amide bonds. The van der Waals surface area contributed by atoms with E-state index in [4.69, 9.17) is 4.74 Å². The van der Waals surface area contributed by atoms with Crippen molar-refractivity contribution in [3.8, 4) is 16.3 Å². The lowest BCUT2D eigenvalue weighted by Gasteiger charge is -2.01. The Morgan fingerprint density at radius 1 is 1.08 bits per heavy atom. The van der Waals surface area contributed by atoms with Crippen LogP contribution in [0.1, 0.15) is 11.4 Å². The Kier molecular flexibility index (Phi) is 3.70. The molecule has 0 spiro atoms. The lowest BCUT2D eigenvalue weighted by atomic mass is 10.1. The van der Waals surface area contributed by atoms with Gasteiger partial charge in [0.15, 0.2) is 5.82 Å². The maximum Gasteiger partial charge on any atom is 0.234 e. The molecule has 24 heavy (non-hydrogen) atoms. The van der Waals surface area contributed by atoms with Crippen molar-refractivity contribution in [2.75, 3.05) is 7.11 Å². The zero-order valence-corrected chi connectivity index (χ0v) is 13.6. The Balaban J connectivity index is 1.69. The Labute approximate surface area is 141 Å². The third-order valence-corrected chi connectivity index (χ3v) is 4.65. The molecule has 0 N–H and O–H groups in total. The van der Waals surface area contributed by atoms with Crippen molar-refractivity contribution < 1.29 is 9.13 Å². The van der Waals surface area contributed by atoms with E-state index in [9.17, 15) is 4.39 Å². The molecule has 120 valence electrons. The molecule has 4 rings (SSSR count). The fraction of sp³-hybridized carbons (Fsp3) is 0.118. The molecule has 2 heterocycles. The van der Waals surface area contributed by atoms with Crippen LogP contribution in [0.4, 0.5) is 4.39 Å². The summed E-state index contributed by atoms with van der Waals surface area (Å²) in [6, 6.07) is 14.3. The molecule has 0 saturated heterocycles. The first kappa shape index (κ1) is 14.8. The van der Waals surface area contributed by atoms with Crippen LogP contribution in [0.25, 0.3) is 15.5 Å². The summed E-state index contributed by atoms with van der Waals surface area (Å²) in [6.45, 7) is 0. The SMILES string of the molecule is COc1ccc(-c2nn3c(Cc4ccccc4F)nnc3s2)cc1. The van der Waals surface area contributed by atoms with Crippen LogP contribution in [0.15, 0.2) is 48.5 Å². The number of nitrogens with zero attached hydrogens (tertiary/aromatic N) is 4. The molecule has 0 atom stereocenters. The van der Waals surface area contributed by atoms with Gasteiger partial charge in [-0.1, -0.05) is 29.5 Å². The first-order chi connectivity index (χ1) is 11.7. The van der Waals surface area contributed by atoms with E-state index in [1.54, 1.807) is 29.8 Å². The predicted molar refractivity (Wildman–Crippen MR) is 89.9 cm³/mol. The first-order valence-electron chi connectivity index (χ1n) is 7.33. The highest BCUT2D eigenvalue weighted by Gasteiger charge is 2.14. The van der Waals surface area contributed by atoms with E-state index in [0.717, 1.165) is 16.3 Å². The highest BCUT2D eigenvalue weighted by molar-refractivity contribution is 7.19. The molecule has 0 aliphatic heterocycles. The molecule has 2 aromatic heterocycles. The number of rotatable bonds is 4. The highest BCUT2D eigenvalue weighted by Crippen LogP contribution is 2.27. The van der Waals surface area contributed by atoms with Gasteiger partial charge in [0, 0.05) is 12.0 Å². The van der Waals surface area contributed by atoms with Gasteiger partial charge in [0.1, 0.15) is 16.6 Å². The zero-order chi connectivity index (χ0) is 16.5. The van der Waals surface area contributed by atoms with Crippen LogP contribution in [-0.4, -0.2) is 26.9 Å². The van der Waals surface area contributed by atoms with Gasteiger partial charge in [-0.25, -0.2) is 4.39 Å². The summed E-state index contributed by atoms with van der Waals surface area (Å²) in [4.78, 5) is 0.687. The van der Waals surface area contributed by atoms with E-state index in [-0.39, 0.29) is 5.82 Å². The minimum absolute atomic E-state index is 0.250. The van der Waals surface area contributed by atoms with Crippen molar-refractivity contribution in [2.45, 2.75) is 6.42 Å². The summed E-state index contributed by atoms with van der Waals surface area (Å²) in [7, 11) is 1.63. The third kappa shape index (κ3) is 2.63. The fourth-order valence-corrected chi connectivity index (χ4v) is 3.29. The predicted octanol–water partition coefficient (Wildman–Crippen LogP) is 3.59. The Morgan fingerprint density at radius 2 is 1.88 bits per heavy atom. The molecule has 0 bridgehead atoms. The number of fused-ring (bicyclic) bond motifs is 1. The van der Waals surface area contributed by atoms with Gasteiger partial charge < -0.3 is 4.74 Å². The number of ether oxygens (including phenoxy) is 1. The van der Waals surface area contributed by atoms with Gasteiger partial charge in [-0.2, -0.15) is 9.61 Å². The molecule has 5 nitrogen and oxygen atoms in total. The third-order valence-electron chi connectivity index (χ3n) is 3.70. The Bertz CT molecular complexity index is 993. The monoisotopic (exact) mass is 340 g/mol. The van der Waals surface area contributed by atoms with Crippen molar-refractivity contribution in [1.82, 2.24) is 19.8 Å². The van der Waals surface area contributed by atoms with Crippen molar-refractivity contribution in [2.24, 2.45) is 0 Å². The van der Waals surface area contributed by atoms with Crippen LogP contribution < -0.4 is 4.74 Å².